The SMILES string of the molecule is Clc1cccc([C@H](CNc2ncccn2)N2CCOCC2)c1. The number of halogens is 1. The maximum atomic E-state index is 6.16. The van der Waals surface area contributed by atoms with Gasteiger partial charge in [-0.15, -0.1) is 0 Å². The predicted octanol–water partition coefficient (Wildman–Crippen LogP) is 2.62. The van der Waals surface area contributed by atoms with E-state index in [4.69, 9.17) is 16.3 Å². The highest BCUT2D eigenvalue weighted by Crippen LogP contribution is 2.24. The summed E-state index contributed by atoms with van der Waals surface area (Å²) >= 11 is 6.16. The number of nitrogens with zero attached hydrogens (tertiary/aromatic N) is 3. The van der Waals surface area contributed by atoms with E-state index in [-0.39, 0.29) is 6.04 Å². The van der Waals surface area contributed by atoms with Crippen molar-refractivity contribution in [1.29, 1.82) is 0 Å². The van der Waals surface area contributed by atoms with Crippen molar-refractivity contribution in [3.63, 3.8) is 0 Å². The minimum atomic E-state index is 0.214. The van der Waals surface area contributed by atoms with E-state index in [0.717, 1.165) is 37.9 Å². The zero-order valence-electron chi connectivity index (χ0n) is 12.3. The Morgan fingerprint density at radius 3 is 2.68 bits per heavy atom. The maximum absolute atomic E-state index is 6.16. The van der Waals surface area contributed by atoms with Crippen LogP contribution in [0.1, 0.15) is 11.6 Å². The zero-order chi connectivity index (χ0) is 15.2. The van der Waals surface area contributed by atoms with Crippen molar-refractivity contribution in [1.82, 2.24) is 14.9 Å². The number of anilines is 1. The number of benzene rings is 1. The molecule has 6 heteroatoms. The first-order chi connectivity index (χ1) is 10.8. The summed E-state index contributed by atoms with van der Waals surface area (Å²) in [5.41, 5.74) is 1.19. The van der Waals surface area contributed by atoms with E-state index in [2.05, 4.69) is 26.3 Å². The Labute approximate surface area is 135 Å². The number of ether oxygens (including phenoxy) is 1. The number of hydrogen-bond acceptors (Lipinski definition) is 5. The van der Waals surface area contributed by atoms with Crippen molar-refractivity contribution in [3.05, 3.63) is 53.3 Å². The Balaban J connectivity index is 1.76. The molecule has 1 aromatic heterocycles. The highest BCUT2D eigenvalue weighted by atomic mass is 35.5. The van der Waals surface area contributed by atoms with Crippen molar-refractivity contribution in [3.8, 4) is 0 Å². The van der Waals surface area contributed by atoms with E-state index in [0.29, 0.717) is 5.95 Å². The lowest BCUT2D eigenvalue weighted by Crippen LogP contribution is -2.41. The summed E-state index contributed by atoms with van der Waals surface area (Å²) in [4.78, 5) is 10.8. The lowest BCUT2D eigenvalue weighted by Gasteiger charge is -2.35. The molecule has 1 saturated heterocycles. The Morgan fingerprint density at radius 2 is 1.95 bits per heavy atom. The average Bonchev–Trinajstić information content (AvgIpc) is 2.57. The molecule has 5 nitrogen and oxygen atoms in total. The minimum absolute atomic E-state index is 0.214. The Hall–Kier alpha value is -1.69. The molecule has 0 unspecified atom stereocenters. The summed E-state index contributed by atoms with van der Waals surface area (Å²) in [7, 11) is 0. The van der Waals surface area contributed by atoms with Crippen LogP contribution in [-0.4, -0.2) is 47.7 Å². The highest BCUT2D eigenvalue weighted by molar-refractivity contribution is 6.30. The maximum Gasteiger partial charge on any atom is 0.222 e. The summed E-state index contributed by atoms with van der Waals surface area (Å²) in [6.07, 6.45) is 3.47. The molecule has 2 heterocycles. The molecule has 0 spiro atoms. The average molecular weight is 319 g/mol. The van der Waals surface area contributed by atoms with Gasteiger partial charge in [0.15, 0.2) is 0 Å². The molecule has 0 saturated carbocycles. The van der Waals surface area contributed by atoms with Gasteiger partial charge in [0.05, 0.1) is 19.3 Å². The minimum Gasteiger partial charge on any atom is -0.379 e. The van der Waals surface area contributed by atoms with Gasteiger partial charge in [-0.25, -0.2) is 9.97 Å². The number of nitrogens with one attached hydrogen (secondary N) is 1. The van der Waals surface area contributed by atoms with Crippen molar-refractivity contribution < 1.29 is 4.74 Å². The molecule has 0 bridgehead atoms. The fraction of sp³-hybridized carbons (Fsp3) is 0.375. The number of rotatable bonds is 5. The van der Waals surface area contributed by atoms with E-state index in [1.165, 1.54) is 5.56 Å². The summed E-state index contributed by atoms with van der Waals surface area (Å²) in [6, 6.07) is 10.0. The largest absolute Gasteiger partial charge is 0.379 e. The zero-order valence-corrected chi connectivity index (χ0v) is 13.0. The van der Waals surface area contributed by atoms with E-state index >= 15 is 0 Å². The fourth-order valence-corrected chi connectivity index (χ4v) is 2.84. The van der Waals surface area contributed by atoms with Crippen molar-refractivity contribution in [2.45, 2.75) is 6.04 Å². The molecule has 1 aromatic carbocycles. The topological polar surface area (TPSA) is 50.3 Å². The first-order valence-corrected chi connectivity index (χ1v) is 7.79. The second-order valence-electron chi connectivity index (χ2n) is 5.17. The molecule has 3 rings (SSSR count). The van der Waals surface area contributed by atoms with Gasteiger partial charge in [-0.1, -0.05) is 23.7 Å². The third kappa shape index (κ3) is 3.94. The molecular formula is C16H19ClN4O. The molecule has 116 valence electrons. The normalized spacial score (nSPS) is 17.1. The number of hydrogen-bond donors (Lipinski definition) is 1. The van der Waals surface area contributed by atoms with E-state index in [9.17, 15) is 0 Å². The number of aromatic nitrogens is 2. The molecule has 0 radical (unpaired) electrons. The Morgan fingerprint density at radius 1 is 1.18 bits per heavy atom. The smallest absolute Gasteiger partial charge is 0.222 e. The molecule has 2 aromatic rings. The van der Waals surface area contributed by atoms with Gasteiger partial charge in [0.25, 0.3) is 0 Å². The third-order valence-corrected chi connectivity index (χ3v) is 3.97. The van der Waals surface area contributed by atoms with Crippen molar-refractivity contribution in [2.24, 2.45) is 0 Å². The van der Waals surface area contributed by atoms with Crippen LogP contribution in [0.4, 0.5) is 5.95 Å². The summed E-state index contributed by atoms with van der Waals surface area (Å²) in [5, 5.41) is 4.07. The van der Waals surface area contributed by atoms with Crippen LogP contribution in [0.15, 0.2) is 42.7 Å². The van der Waals surface area contributed by atoms with E-state index in [1.54, 1.807) is 12.4 Å². The van der Waals surface area contributed by atoms with Gasteiger partial charge in [-0.05, 0) is 23.8 Å². The molecule has 1 fully saturated rings. The third-order valence-electron chi connectivity index (χ3n) is 3.74. The van der Waals surface area contributed by atoms with Gasteiger partial charge in [-0.2, -0.15) is 0 Å². The van der Waals surface area contributed by atoms with Crippen LogP contribution in [0.5, 0.6) is 0 Å². The van der Waals surface area contributed by atoms with E-state index < -0.39 is 0 Å². The van der Waals surface area contributed by atoms with Crippen LogP contribution in [0.2, 0.25) is 5.02 Å². The van der Waals surface area contributed by atoms with Crippen LogP contribution in [0.3, 0.4) is 0 Å². The van der Waals surface area contributed by atoms with Gasteiger partial charge >= 0.3 is 0 Å². The fourth-order valence-electron chi connectivity index (χ4n) is 2.64. The summed E-state index contributed by atoms with van der Waals surface area (Å²) in [6.45, 7) is 4.07. The molecule has 1 atom stereocenters. The predicted molar refractivity (Wildman–Crippen MR) is 87.1 cm³/mol. The standard InChI is InChI=1S/C16H19ClN4O/c17-14-4-1-3-13(11-14)15(21-7-9-22-10-8-21)12-20-16-18-5-2-6-19-16/h1-6,11,15H,7-10,12H2,(H,18,19,20)/t15-/m0/s1. The molecule has 1 aliphatic rings. The quantitative estimate of drug-likeness (QED) is 0.918. The van der Waals surface area contributed by atoms with Gasteiger partial charge in [0.1, 0.15) is 0 Å². The summed E-state index contributed by atoms with van der Waals surface area (Å²) < 4.78 is 5.46. The van der Waals surface area contributed by atoms with Crippen molar-refractivity contribution in [2.75, 3.05) is 38.2 Å². The van der Waals surface area contributed by atoms with Crippen LogP contribution in [-0.2, 0) is 4.74 Å². The summed E-state index contributed by atoms with van der Waals surface area (Å²) in [5.74, 6) is 0.641. The number of morpholine rings is 1. The van der Waals surface area contributed by atoms with Gasteiger partial charge in [0, 0.05) is 37.1 Å². The van der Waals surface area contributed by atoms with Crippen molar-refractivity contribution >= 4 is 17.5 Å². The molecule has 0 aliphatic carbocycles. The molecular weight excluding hydrogens is 300 g/mol. The highest BCUT2D eigenvalue weighted by Gasteiger charge is 2.22. The lowest BCUT2D eigenvalue weighted by atomic mass is 10.0. The molecule has 22 heavy (non-hydrogen) atoms. The second kappa shape index (κ2) is 7.54. The van der Waals surface area contributed by atoms with E-state index in [1.807, 2.05) is 24.3 Å². The van der Waals surface area contributed by atoms with Crippen LogP contribution < -0.4 is 5.32 Å². The molecule has 1 N–H and O–H groups in total. The first-order valence-electron chi connectivity index (χ1n) is 7.41. The monoisotopic (exact) mass is 318 g/mol. The molecule has 1 aliphatic heterocycles. The Bertz CT molecular complexity index is 590. The molecule has 0 amide bonds. The van der Waals surface area contributed by atoms with Gasteiger partial charge < -0.3 is 10.1 Å². The van der Waals surface area contributed by atoms with Crippen LogP contribution >= 0.6 is 11.6 Å². The van der Waals surface area contributed by atoms with Crippen LogP contribution in [0.25, 0.3) is 0 Å². The van der Waals surface area contributed by atoms with Gasteiger partial charge in [-0.3, -0.25) is 4.90 Å². The van der Waals surface area contributed by atoms with Gasteiger partial charge in [0.2, 0.25) is 5.95 Å². The second-order valence-corrected chi connectivity index (χ2v) is 5.61. The Kier molecular flexibility index (Phi) is 5.21. The first kappa shape index (κ1) is 15.2. The van der Waals surface area contributed by atoms with Crippen LogP contribution in [0, 0.1) is 0 Å². The lowest BCUT2D eigenvalue weighted by molar-refractivity contribution is 0.0187.